The summed E-state index contributed by atoms with van der Waals surface area (Å²) >= 11 is 1.91. The number of nitrogens with one attached hydrogen (secondary N) is 1. The number of halogens is 4. The highest BCUT2D eigenvalue weighted by Crippen LogP contribution is 2.33. The van der Waals surface area contributed by atoms with E-state index in [1.54, 1.807) is 13.0 Å². The molecule has 0 aliphatic carbocycles. The average Bonchev–Trinajstić information content (AvgIpc) is 2.53. The van der Waals surface area contributed by atoms with Gasteiger partial charge in [-0.05, 0) is 53.3 Å². The van der Waals surface area contributed by atoms with Crippen molar-refractivity contribution in [2.24, 2.45) is 5.73 Å². The van der Waals surface area contributed by atoms with Crippen molar-refractivity contribution in [2.45, 2.75) is 13.3 Å². The summed E-state index contributed by atoms with van der Waals surface area (Å²) in [5.41, 5.74) is 4.24. The summed E-state index contributed by atoms with van der Waals surface area (Å²) < 4.78 is 48.1. The number of primary amides is 1. The Kier molecular flexibility index (Phi) is 5.92. The zero-order valence-corrected chi connectivity index (χ0v) is 14.8. The Labute approximate surface area is 150 Å². The van der Waals surface area contributed by atoms with E-state index in [1.807, 2.05) is 22.6 Å². The molecular formula is C16H14F3IN2O2. The molecule has 0 aromatic heterocycles. The first kappa shape index (κ1) is 18.4. The van der Waals surface area contributed by atoms with Gasteiger partial charge in [0, 0.05) is 3.57 Å². The molecule has 0 heterocycles. The maximum Gasteiger partial charge on any atom is 0.251 e. The minimum atomic E-state index is -1.37. The smallest absolute Gasteiger partial charge is 0.251 e. The number of anilines is 2. The standard InChI is InChI=1S/C16H14F3IN2O2/c1-2-5-24-12-7-9(16(21)23)15(14(19)13(12)18)22-11-4-3-8(20)6-10(11)17/h3-4,6-7,22H,2,5H2,1H3,(H2,21,23). The number of carbonyl (C=O) groups excluding carboxylic acids is 1. The van der Waals surface area contributed by atoms with E-state index in [4.69, 9.17) is 10.5 Å². The molecule has 24 heavy (non-hydrogen) atoms. The number of hydrogen-bond acceptors (Lipinski definition) is 3. The first-order valence-electron chi connectivity index (χ1n) is 7.01. The fourth-order valence-electron chi connectivity index (χ4n) is 1.96. The molecule has 0 aliphatic rings. The van der Waals surface area contributed by atoms with Gasteiger partial charge in [-0.15, -0.1) is 0 Å². The molecule has 0 saturated heterocycles. The van der Waals surface area contributed by atoms with Crippen molar-refractivity contribution in [3.63, 3.8) is 0 Å². The average molecular weight is 450 g/mol. The van der Waals surface area contributed by atoms with Crippen LogP contribution in [0.15, 0.2) is 24.3 Å². The number of hydrogen-bond donors (Lipinski definition) is 2. The third-order valence-electron chi connectivity index (χ3n) is 3.09. The quantitative estimate of drug-likeness (QED) is 0.644. The molecule has 2 aromatic rings. The molecule has 0 aliphatic heterocycles. The van der Waals surface area contributed by atoms with Gasteiger partial charge in [0.1, 0.15) is 5.82 Å². The monoisotopic (exact) mass is 450 g/mol. The maximum atomic E-state index is 14.4. The number of carbonyl (C=O) groups is 1. The van der Waals surface area contributed by atoms with Crippen molar-refractivity contribution in [1.29, 1.82) is 0 Å². The Morgan fingerprint density at radius 2 is 1.96 bits per heavy atom. The first-order chi connectivity index (χ1) is 11.3. The fourth-order valence-corrected chi connectivity index (χ4v) is 2.42. The van der Waals surface area contributed by atoms with Crippen molar-refractivity contribution in [2.75, 3.05) is 11.9 Å². The molecule has 0 fully saturated rings. The summed E-state index contributed by atoms with van der Waals surface area (Å²) in [5, 5.41) is 2.39. The van der Waals surface area contributed by atoms with Crippen LogP contribution >= 0.6 is 22.6 Å². The van der Waals surface area contributed by atoms with Crippen molar-refractivity contribution < 1.29 is 22.7 Å². The minimum Gasteiger partial charge on any atom is -0.490 e. The number of nitrogens with two attached hydrogens (primary N) is 1. The molecule has 3 N–H and O–H groups in total. The Morgan fingerprint density at radius 1 is 1.25 bits per heavy atom. The normalized spacial score (nSPS) is 10.5. The largest absolute Gasteiger partial charge is 0.490 e. The van der Waals surface area contributed by atoms with E-state index in [9.17, 15) is 18.0 Å². The topological polar surface area (TPSA) is 64.3 Å². The molecule has 2 aromatic carbocycles. The molecule has 0 saturated carbocycles. The van der Waals surface area contributed by atoms with Crippen LogP contribution in [0.25, 0.3) is 0 Å². The molecule has 0 spiro atoms. The minimum absolute atomic E-state index is 0.113. The summed E-state index contributed by atoms with van der Waals surface area (Å²) in [6, 6.07) is 5.13. The van der Waals surface area contributed by atoms with Crippen molar-refractivity contribution in [3.8, 4) is 5.75 Å². The Hall–Kier alpha value is -1.97. The zero-order valence-electron chi connectivity index (χ0n) is 12.6. The summed E-state index contributed by atoms with van der Waals surface area (Å²) in [6.45, 7) is 1.94. The lowest BCUT2D eigenvalue weighted by Crippen LogP contribution is -2.16. The van der Waals surface area contributed by atoms with Gasteiger partial charge in [0.05, 0.1) is 23.5 Å². The van der Waals surface area contributed by atoms with Gasteiger partial charge in [0.25, 0.3) is 5.91 Å². The number of amides is 1. The Balaban J connectivity index is 2.52. The van der Waals surface area contributed by atoms with E-state index in [-0.39, 0.29) is 17.9 Å². The molecule has 128 valence electrons. The van der Waals surface area contributed by atoms with Crippen LogP contribution in [0.3, 0.4) is 0 Å². The van der Waals surface area contributed by atoms with Gasteiger partial charge in [-0.3, -0.25) is 4.79 Å². The molecule has 2 rings (SSSR count). The Morgan fingerprint density at radius 3 is 2.54 bits per heavy atom. The summed E-state index contributed by atoms with van der Waals surface area (Å²) in [6.07, 6.45) is 0.570. The van der Waals surface area contributed by atoms with Crippen LogP contribution in [0.5, 0.6) is 5.75 Å². The van der Waals surface area contributed by atoms with Crippen LogP contribution in [0.1, 0.15) is 23.7 Å². The maximum absolute atomic E-state index is 14.4. The van der Waals surface area contributed by atoms with Gasteiger partial charge in [-0.2, -0.15) is 4.39 Å². The second kappa shape index (κ2) is 7.73. The van der Waals surface area contributed by atoms with Crippen LogP contribution in [0, 0.1) is 21.0 Å². The second-order valence-corrected chi connectivity index (χ2v) is 6.13. The molecule has 4 nitrogen and oxygen atoms in total. The van der Waals surface area contributed by atoms with Crippen LogP contribution in [-0.2, 0) is 0 Å². The van der Waals surface area contributed by atoms with Gasteiger partial charge in [-0.1, -0.05) is 6.92 Å². The summed E-state index contributed by atoms with van der Waals surface area (Å²) in [4.78, 5) is 11.6. The second-order valence-electron chi connectivity index (χ2n) is 4.89. The van der Waals surface area contributed by atoms with E-state index < -0.39 is 34.8 Å². The van der Waals surface area contributed by atoms with Crippen molar-refractivity contribution in [1.82, 2.24) is 0 Å². The van der Waals surface area contributed by atoms with Crippen LogP contribution in [0.4, 0.5) is 24.5 Å². The lowest BCUT2D eigenvalue weighted by atomic mass is 10.1. The van der Waals surface area contributed by atoms with Crippen LogP contribution in [-0.4, -0.2) is 12.5 Å². The number of benzene rings is 2. The first-order valence-corrected chi connectivity index (χ1v) is 8.09. The third kappa shape index (κ3) is 3.92. The molecule has 1 amide bonds. The van der Waals surface area contributed by atoms with E-state index in [2.05, 4.69) is 5.32 Å². The highest BCUT2D eigenvalue weighted by atomic mass is 127. The molecule has 0 bridgehead atoms. The van der Waals surface area contributed by atoms with E-state index >= 15 is 0 Å². The molecule has 0 atom stereocenters. The number of ether oxygens (including phenoxy) is 1. The van der Waals surface area contributed by atoms with E-state index in [1.165, 1.54) is 12.1 Å². The molecular weight excluding hydrogens is 436 g/mol. The highest BCUT2D eigenvalue weighted by molar-refractivity contribution is 14.1. The van der Waals surface area contributed by atoms with E-state index in [0.29, 0.717) is 9.99 Å². The SMILES string of the molecule is CCCOc1cc(C(N)=O)c(Nc2ccc(I)cc2F)c(F)c1F. The molecule has 0 radical (unpaired) electrons. The number of rotatable bonds is 6. The van der Waals surface area contributed by atoms with Crippen LogP contribution in [0.2, 0.25) is 0 Å². The van der Waals surface area contributed by atoms with Crippen molar-refractivity contribution >= 4 is 39.9 Å². The van der Waals surface area contributed by atoms with Gasteiger partial charge in [0.15, 0.2) is 11.6 Å². The van der Waals surface area contributed by atoms with Gasteiger partial charge < -0.3 is 15.8 Å². The lowest BCUT2D eigenvalue weighted by molar-refractivity contribution is 0.1000. The van der Waals surface area contributed by atoms with Crippen molar-refractivity contribution in [3.05, 3.63) is 50.9 Å². The Bertz CT molecular complexity index is 784. The summed E-state index contributed by atoms with van der Waals surface area (Å²) in [7, 11) is 0. The molecule has 0 unspecified atom stereocenters. The predicted octanol–water partition coefficient (Wildman–Crippen LogP) is 4.34. The van der Waals surface area contributed by atoms with Gasteiger partial charge >= 0.3 is 0 Å². The molecule has 8 heteroatoms. The van der Waals surface area contributed by atoms with Crippen LogP contribution < -0.4 is 15.8 Å². The third-order valence-corrected chi connectivity index (χ3v) is 3.76. The predicted molar refractivity (Wildman–Crippen MR) is 93.1 cm³/mol. The van der Waals surface area contributed by atoms with Gasteiger partial charge in [0.2, 0.25) is 5.82 Å². The van der Waals surface area contributed by atoms with Gasteiger partial charge in [-0.25, -0.2) is 8.78 Å². The lowest BCUT2D eigenvalue weighted by Gasteiger charge is -2.15. The highest BCUT2D eigenvalue weighted by Gasteiger charge is 2.23. The zero-order chi connectivity index (χ0) is 17.9. The summed E-state index contributed by atoms with van der Waals surface area (Å²) in [5.74, 6) is -4.74. The fraction of sp³-hybridized carbons (Fsp3) is 0.188. The van der Waals surface area contributed by atoms with E-state index in [0.717, 1.165) is 6.07 Å².